The lowest BCUT2D eigenvalue weighted by Gasteiger charge is -2.05. The van der Waals surface area contributed by atoms with Crippen molar-refractivity contribution in [2.24, 2.45) is 0 Å². The van der Waals surface area contributed by atoms with Crippen LogP contribution in [0.5, 0.6) is 0 Å². The Labute approximate surface area is 134 Å². The molecule has 0 atom stereocenters. The number of rotatable bonds is 3. The predicted octanol–water partition coefficient (Wildman–Crippen LogP) is 5.62. The summed E-state index contributed by atoms with van der Waals surface area (Å²) >= 11 is 6.74. The van der Waals surface area contributed by atoms with Gasteiger partial charge in [-0.05, 0) is 40.4 Å². The van der Waals surface area contributed by atoms with E-state index in [0.717, 1.165) is 30.6 Å². The molecule has 0 saturated carbocycles. The number of carbonyl (C=O) groups excluding carboxylic acids is 1. The average Bonchev–Trinajstić information content (AvgIpc) is 2.92. The molecule has 1 heterocycles. The van der Waals surface area contributed by atoms with Crippen molar-refractivity contribution < 1.29 is 4.79 Å². The standard InChI is InChI=1S/C16H11BrOS2/c1-19-14-8-3-2-5-11(14)15(18)12-9-20-16-10(12)6-4-7-13(16)17/h2-9H,1H3. The summed E-state index contributed by atoms with van der Waals surface area (Å²) < 4.78 is 2.16. The average molecular weight is 363 g/mol. The highest BCUT2D eigenvalue weighted by Crippen LogP contribution is 2.34. The molecule has 2 aromatic carbocycles. The van der Waals surface area contributed by atoms with Gasteiger partial charge in [0.15, 0.2) is 5.78 Å². The molecule has 1 nitrogen and oxygen atoms in total. The van der Waals surface area contributed by atoms with Gasteiger partial charge in [-0.3, -0.25) is 4.79 Å². The van der Waals surface area contributed by atoms with Gasteiger partial charge in [0, 0.05) is 36.0 Å². The van der Waals surface area contributed by atoms with E-state index in [9.17, 15) is 4.79 Å². The monoisotopic (exact) mass is 362 g/mol. The van der Waals surface area contributed by atoms with E-state index in [-0.39, 0.29) is 5.78 Å². The van der Waals surface area contributed by atoms with Crippen LogP contribution in [0.25, 0.3) is 10.1 Å². The number of halogens is 1. The molecule has 0 spiro atoms. The Kier molecular flexibility index (Phi) is 3.96. The molecule has 4 heteroatoms. The summed E-state index contributed by atoms with van der Waals surface area (Å²) in [6, 6.07) is 13.7. The number of fused-ring (bicyclic) bond motifs is 1. The summed E-state index contributed by atoms with van der Waals surface area (Å²) in [7, 11) is 0. The second-order valence-electron chi connectivity index (χ2n) is 4.30. The highest BCUT2D eigenvalue weighted by Gasteiger charge is 2.17. The van der Waals surface area contributed by atoms with Gasteiger partial charge < -0.3 is 0 Å². The molecule has 0 amide bonds. The highest BCUT2D eigenvalue weighted by atomic mass is 79.9. The number of ketones is 1. The first-order valence-corrected chi connectivity index (χ1v) is 8.95. The molecule has 0 aliphatic heterocycles. The second-order valence-corrected chi connectivity index (χ2v) is 6.88. The van der Waals surface area contributed by atoms with Gasteiger partial charge in [0.1, 0.15) is 0 Å². The minimum absolute atomic E-state index is 0.0966. The summed E-state index contributed by atoms with van der Waals surface area (Å²) in [5, 5.41) is 2.97. The third kappa shape index (κ3) is 2.32. The number of benzene rings is 2. The molecule has 1 aromatic heterocycles. The van der Waals surface area contributed by atoms with Gasteiger partial charge in [-0.1, -0.05) is 24.3 Å². The number of thioether (sulfide) groups is 1. The molecule has 0 radical (unpaired) electrons. The van der Waals surface area contributed by atoms with Gasteiger partial charge in [-0.25, -0.2) is 0 Å². The topological polar surface area (TPSA) is 17.1 Å². The molecule has 3 aromatic rings. The fourth-order valence-electron chi connectivity index (χ4n) is 2.18. The van der Waals surface area contributed by atoms with Crippen LogP contribution < -0.4 is 0 Å². The van der Waals surface area contributed by atoms with Crippen LogP contribution in [-0.4, -0.2) is 12.0 Å². The number of thiophene rings is 1. The third-order valence-electron chi connectivity index (χ3n) is 3.15. The SMILES string of the molecule is CSc1ccccc1C(=O)c1csc2c(Br)cccc12. The lowest BCUT2D eigenvalue weighted by Crippen LogP contribution is -2.01. The van der Waals surface area contributed by atoms with Crippen LogP contribution in [0.4, 0.5) is 0 Å². The zero-order valence-corrected chi connectivity index (χ0v) is 13.9. The van der Waals surface area contributed by atoms with Crippen molar-refractivity contribution in [3.8, 4) is 0 Å². The molecule has 3 rings (SSSR count). The summed E-state index contributed by atoms with van der Waals surface area (Å²) in [5.74, 6) is 0.0966. The van der Waals surface area contributed by atoms with E-state index >= 15 is 0 Å². The van der Waals surface area contributed by atoms with E-state index in [4.69, 9.17) is 0 Å². The van der Waals surface area contributed by atoms with Gasteiger partial charge in [-0.15, -0.1) is 23.1 Å². The Hall–Kier alpha value is -1.10. The Balaban J connectivity index is 2.16. The van der Waals surface area contributed by atoms with E-state index < -0.39 is 0 Å². The summed E-state index contributed by atoms with van der Waals surface area (Å²) in [4.78, 5) is 13.8. The molecule has 0 fully saturated rings. The Morgan fingerprint density at radius 1 is 1.10 bits per heavy atom. The zero-order chi connectivity index (χ0) is 14.1. The van der Waals surface area contributed by atoms with Crippen LogP contribution in [0.2, 0.25) is 0 Å². The van der Waals surface area contributed by atoms with Crippen LogP contribution in [0.1, 0.15) is 15.9 Å². The maximum atomic E-state index is 12.8. The van der Waals surface area contributed by atoms with Crippen molar-refractivity contribution >= 4 is 54.9 Å². The quantitative estimate of drug-likeness (QED) is 0.444. The molecule has 20 heavy (non-hydrogen) atoms. The minimum atomic E-state index is 0.0966. The fourth-order valence-corrected chi connectivity index (χ4v) is 4.37. The van der Waals surface area contributed by atoms with Crippen molar-refractivity contribution in [3.05, 3.63) is 63.4 Å². The lowest BCUT2D eigenvalue weighted by atomic mass is 10.0. The molecule has 0 unspecified atom stereocenters. The Morgan fingerprint density at radius 3 is 2.70 bits per heavy atom. The molecular formula is C16H11BrOS2. The molecule has 100 valence electrons. The van der Waals surface area contributed by atoms with Crippen molar-refractivity contribution in [1.82, 2.24) is 0 Å². The van der Waals surface area contributed by atoms with E-state index in [1.165, 1.54) is 0 Å². The van der Waals surface area contributed by atoms with E-state index in [0.29, 0.717) is 0 Å². The van der Waals surface area contributed by atoms with Crippen LogP contribution in [0, 0.1) is 0 Å². The molecule has 0 aliphatic rings. The predicted molar refractivity (Wildman–Crippen MR) is 91.2 cm³/mol. The molecule has 0 aliphatic carbocycles. The molecular weight excluding hydrogens is 352 g/mol. The normalized spacial score (nSPS) is 10.9. The van der Waals surface area contributed by atoms with E-state index in [2.05, 4.69) is 15.9 Å². The number of carbonyl (C=O) groups is 1. The molecule has 0 N–H and O–H groups in total. The first kappa shape index (κ1) is 13.9. The summed E-state index contributed by atoms with van der Waals surface area (Å²) in [5.41, 5.74) is 1.56. The maximum Gasteiger partial charge on any atom is 0.195 e. The minimum Gasteiger partial charge on any atom is -0.289 e. The van der Waals surface area contributed by atoms with Gasteiger partial charge in [0.25, 0.3) is 0 Å². The smallest absolute Gasteiger partial charge is 0.195 e. The van der Waals surface area contributed by atoms with E-state index in [1.807, 2.05) is 54.1 Å². The molecule has 0 bridgehead atoms. The van der Waals surface area contributed by atoms with Crippen LogP contribution in [-0.2, 0) is 0 Å². The number of hydrogen-bond acceptors (Lipinski definition) is 3. The largest absolute Gasteiger partial charge is 0.289 e. The molecule has 0 saturated heterocycles. The fraction of sp³-hybridized carbons (Fsp3) is 0.0625. The van der Waals surface area contributed by atoms with Gasteiger partial charge in [-0.2, -0.15) is 0 Å². The number of hydrogen-bond donors (Lipinski definition) is 0. The van der Waals surface area contributed by atoms with Crippen molar-refractivity contribution in [2.45, 2.75) is 4.90 Å². The van der Waals surface area contributed by atoms with Crippen molar-refractivity contribution in [1.29, 1.82) is 0 Å². The van der Waals surface area contributed by atoms with Crippen molar-refractivity contribution in [3.63, 3.8) is 0 Å². The van der Waals surface area contributed by atoms with Crippen LogP contribution >= 0.6 is 39.0 Å². The Bertz CT molecular complexity index is 792. The van der Waals surface area contributed by atoms with Crippen molar-refractivity contribution in [2.75, 3.05) is 6.26 Å². The maximum absolute atomic E-state index is 12.8. The van der Waals surface area contributed by atoms with Gasteiger partial charge >= 0.3 is 0 Å². The van der Waals surface area contributed by atoms with Crippen LogP contribution in [0.15, 0.2) is 57.2 Å². The first-order valence-electron chi connectivity index (χ1n) is 6.06. The second kappa shape index (κ2) is 5.72. The third-order valence-corrected chi connectivity index (χ3v) is 5.90. The highest BCUT2D eigenvalue weighted by molar-refractivity contribution is 9.10. The van der Waals surface area contributed by atoms with Crippen LogP contribution in [0.3, 0.4) is 0 Å². The van der Waals surface area contributed by atoms with Gasteiger partial charge in [0.2, 0.25) is 0 Å². The van der Waals surface area contributed by atoms with Gasteiger partial charge in [0.05, 0.1) is 0 Å². The summed E-state index contributed by atoms with van der Waals surface area (Å²) in [6.45, 7) is 0. The zero-order valence-electron chi connectivity index (χ0n) is 10.7. The van der Waals surface area contributed by atoms with E-state index in [1.54, 1.807) is 23.1 Å². The first-order chi connectivity index (χ1) is 9.72. The Morgan fingerprint density at radius 2 is 1.90 bits per heavy atom. The summed E-state index contributed by atoms with van der Waals surface area (Å²) in [6.07, 6.45) is 1.99. The lowest BCUT2D eigenvalue weighted by molar-refractivity contribution is 0.103.